The van der Waals surface area contributed by atoms with E-state index in [4.69, 9.17) is 10.5 Å². The molecular weight excluding hydrogens is 214 g/mol. The molecule has 0 radical (unpaired) electrons. The average molecular weight is 241 g/mol. The number of nitrogens with two attached hydrogens (primary N) is 1. The van der Waals surface area contributed by atoms with Crippen molar-refractivity contribution in [1.29, 1.82) is 0 Å². The third-order valence-electron chi connectivity index (χ3n) is 4.55. The molecule has 2 heterocycles. The standard InChI is InChI=1S/C13H27N3O/c1-3-5-15-6-8-16(9-7-15)13(11-14)4-10-17-12(13)2/h12H,3-11,14H2,1-2H3. The quantitative estimate of drug-likeness (QED) is 0.779. The Morgan fingerprint density at radius 3 is 2.47 bits per heavy atom. The van der Waals surface area contributed by atoms with Gasteiger partial charge in [-0.1, -0.05) is 6.92 Å². The summed E-state index contributed by atoms with van der Waals surface area (Å²) in [6.45, 7) is 11.9. The highest BCUT2D eigenvalue weighted by Gasteiger charge is 2.45. The van der Waals surface area contributed by atoms with E-state index in [9.17, 15) is 0 Å². The summed E-state index contributed by atoms with van der Waals surface area (Å²) >= 11 is 0. The van der Waals surface area contributed by atoms with Crippen LogP contribution in [-0.2, 0) is 4.74 Å². The first kappa shape index (κ1) is 13.3. The lowest BCUT2D eigenvalue weighted by Gasteiger charge is -2.46. The van der Waals surface area contributed by atoms with Crippen LogP contribution < -0.4 is 5.73 Å². The van der Waals surface area contributed by atoms with Crippen LogP contribution in [0.1, 0.15) is 26.7 Å². The van der Waals surface area contributed by atoms with E-state index >= 15 is 0 Å². The Balaban J connectivity index is 1.94. The number of rotatable bonds is 4. The fraction of sp³-hybridized carbons (Fsp3) is 1.00. The molecule has 2 fully saturated rings. The van der Waals surface area contributed by atoms with E-state index in [-0.39, 0.29) is 11.6 Å². The van der Waals surface area contributed by atoms with Gasteiger partial charge in [0.25, 0.3) is 0 Å². The first-order valence-corrected chi connectivity index (χ1v) is 7.02. The second-order valence-electron chi connectivity index (χ2n) is 5.40. The van der Waals surface area contributed by atoms with Crippen molar-refractivity contribution in [1.82, 2.24) is 9.80 Å². The van der Waals surface area contributed by atoms with Crippen LogP contribution in [0.4, 0.5) is 0 Å². The molecule has 4 heteroatoms. The minimum absolute atomic E-state index is 0.109. The van der Waals surface area contributed by atoms with Crippen LogP contribution in [0, 0.1) is 0 Å². The number of hydrogen-bond donors (Lipinski definition) is 1. The maximum atomic E-state index is 6.05. The van der Waals surface area contributed by atoms with Crippen molar-refractivity contribution in [3.63, 3.8) is 0 Å². The number of nitrogens with zero attached hydrogens (tertiary/aromatic N) is 2. The van der Waals surface area contributed by atoms with Crippen LogP contribution >= 0.6 is 0 Å². The van der Waals surface area contributed by atoms with Crippen LogP contribution in [0.25, 0.3) is 0 Å². The van der Waals surface area contributed by atoms with Crippen molar-refractivity contribution >= 4 is 0 Å². The van der Waals surface area contributed by atoms with Gasteiger partial charge in [0, 0.05) is 39.3 Å². The van der Waals surface area contributed by atoms with Gasteiger partial charge >= 0.3 is 0 Å². The summed E-state index contributed by atoms with van der Waals surface area (Å²) in [5, 5.41) is 0. The van der Waals surface area contributed by atoms with Gasteiger partial charge in [0.2, 0.25) is 0 Å². The lowest BCUT2D eigenvalue weighted by molar-refractivity contribution is -0.0116. The lowest BCUT2D eigenvalue weighted by atomic mass is 9.89. The summed E-state index contributed by atoms with van der Waals surface area (Å²) in [4.78, 5) is 5.14. The largest absolute Gasteiger partial charge is 0.376 e. The molecule has 2 aliphatic heterocycles. The molecule has 2 saturated heterocycles. The zero-order valence-electron chi connectivity index (χ0n) is 11.3. The van der Waals surface area contributed by atoms with Crippen molar-refractivity contribution in [3.8, 4) is 0 Å². The first-order chi connectivity index (χ1) is 8.23. The molecule has 0 aliphatic carbocycles. The highest BCUT2D eigenvalue weighted by molar-refractivity contribution is 5.01. The lowest BCUT2D eigenvalue weighted by Crippen LogP contribution is -2.63. The van der Waals surface area contributed by atoms with Gasteiger partial charge in [-0.2, -0.15) is 0 Å². The molecule has 0 spiro atoms. The minimum atomic E-state index is 0.109. The van der Waals surface area contributed by atoms with E-state index in [0.717, 1.165) is 32.7 Å². The predicted octanol–water partition coefficient (Wildman–Crippen LogP) is 0.520. The molecule has 17 heavy (non-hydrogen) atoms. The highest BCUT2D eigenvalue weighted by atomic mass is 16.5. The molecule has 0 aromatic carbocycles. The van der Waals surface area contributed by atoms with Gasteiger partial charge in [0.1, 0.15) is 0 Å². The Kier molecular flexibility index (Phi) is 4.42. The van der Waals surface area contributed by atoms with E-state index in [1.165, 1.54) is 26.1 Å². The second-order valence-corrected chi connectivity index (χ2v) is 5.40. The van der Waals surface area contributed by atoms with E-state index in [1.54, 1.807) is 0 Å². The molecule has 100 valence electrons. The predicted molar refractivity (Wildman–Crippen MR) is 70.1 cm³/mol. The van der Waals surface area contributed by atoms with Crippen LogP contribution in [0.5, 0.6) is 0 Å². The SMILES string of the molecule is CCCN1CCN(C2(CN)CCOC2C)CC1. The molecule has 0 aromatic rings. The maximum absolute atomic E-state index is 6.05. The first-order valence-electron chi connectivity index (χ1n) is 7.02. The molecular formula is C13H27N3O. The molecule has 0 saturated carbocycles. The fourth-order valence-electron chi connectivity index (χ4n) is 3.32. The number of ether oxygens (including phenoxy) is 1. The molecule has 2 unspecified atom stereocenters. The van der Waals surface area contributed by atoms with E-state index in [2.05, 4.69) is 23.6 Å². The van der Waals surface area contributed by atoms with Gasteiger partial charge in [-0.3, -0.25) is 4.90 Å². The fourth-order valence-corrected chi connectivity index (χ4v) is 3.32. The average Bonchev–Trinajstić information content (AvgIpc) is 2.73. The molecule has 0 bridgehead atoms. The van der Waals surface area contributed by atoms with E-state index in [1.807, 2.05) is 0 Å². The molecule has 0 amide bonds. The van der Waals surface area contributed by atoms with Crippen molar-refractivity contribution in [2.45, 2.75) is 38.3 Å². The van der Waals surface area contributed by atoms with Crippen LogP contribution in [0.15, 0.2) is 0 Å². The molecule has 0 aromatic heterocycles. The van der Waals surface area contributed by atoms with Gasteiger partial charge in [0.15, 0.2) is 0 Å². The number of hydrogen-bond acceptors (Lipinski definition) is 4. The zero-order chi connectivity index (χ0) is 12.3. The van der Waals surface area contributed by atoms with E-state index < -0.39 is 0 Å². The third kappa shape index (κ3) is 2.50. The van der Waals surface area contributed by atoms with Gasteiger partial charge in [0.05, 0.1) is 11.6 Å². The third-order valence-corrected chi connectivity index (χ3v) is 4.55. The normalized spacial score (nSPS) is 36.5. The summed E-state index contributed by atoms with van der Waals surface area (Å²) in [5.41, 5.74) is 6.16. The summed E-state index contributed by atoms with van der Waals surface area (Å²) in [6, 6.07) is 0. The van der Waals surface area contributed by atoms with Gasteiger partial charge < -0.3 is 15.4 Å². The minimum Gasteiger partial charge on any atom is -0.376 e. The van der Waals surface area contributed by atoms with Crippen molar-refractivity contribution < 1.29 is 4.74 Å². The molecule has 2 aliphatic rings. The molecule has 2 N–H and O–H groups in total. The summed E-state index contributed by atoms with van der Waals surface area (Å²) in [5.74, 6) is 0. The summed E-state index contributed by atoms with van der Waals surface area (Å²) in [7, 11) is 0. The Morgan fingerprint density at radius 2 is 2.00 bits per heavy atom. The van der Waals surface area contributed by atoms with Crippen molar-refractivity contribution in [3.05, 3.63) is 0 Å². The maximum Gasteiger partial charge on any atom is 0.0743 e. The highest BCUT2D eigenvalue weighted by Crippen LogP contribution is 2.32. The Morgan fingerprint density at radius 1 is 1.29 bits per heavy atom. The van der Waals surface area contributed by atoms with Crippen LogP contribution in [0.2, 0.25) is 0 Å². The molecule has 2 rings (SSSR count). The second kappa shape index (κ2) is 5.65. The zero-order valence-corrected chi connectivity index (χ0v) is 11.3. The van der Waals surface area contributed by atoms with E-state index in [0.29, 0.717) is 0 Å². The van der Waals surface area contributed by atoms with Gasteiger partial charge in [-0.05, 0) is 26.3 Å². The van der Waals surface area contributed by atoms with Crippen molar-refractivity contribution in [2.75, 3.05) is 45.9 Å². The Bertz CT molecular complexity index is 241. The summed E-state index contributed by atoms with van der Waals surface area (Å²) in [6.07, 6.45) is 2.63. The monoisotopic (exact) mass is 241 g/mol. The van der Waals surface area contributed by atoms with Gasteiger partial charge in [-0.25, -0.2) is 0 Å². The Hall–Kier alpha value is -0.160. The smallest absolute Gasteiger partial charge is 0.0743 e. The topological polar surface area (TPSA) is 41.7 Å². The van der Waals surface area contributed by atoms with Gasteiger partial charge in [-0.15, -0.1) is 0 Å². The molecule has 2 atom stereocenters. The van der Waals surface area contributed by atoms with Crippen molar-refractivity contribution in [2.24, 2.45) is 5.73 Å². The van der Waals surface area contributed by atoms with Crippen LogP contribution in [0.3, 0.4) is 0 Å². The number of piperazine rings is 1. The molecule has 4 nitrogen and oxygen atoms in total. The van der Waals surface area contributed by atoms with Crippen LogP contribution in [-0.4, -0.2) is 67.3 Å². The Labute approximate surface area is 105 Å². The summed E-state index contributed by atoms with van der Waals surface area (Å²) < 4.78 is 5.75.